The van der Waals surface area contributed by atoms with Crippen molar-refractivity contribution in [2.24, 2.45) is 5.73 Å². The summed E-state index contributed by atoms with van der Waals surface area (Å²) in [5.41, 5.74) is 6.94. The molecule has 0 saturated heterocycles. The average Bonchev–Trinajstić information content (AvgIpc) is 2.85. The lowest BCUT2D eigenvalue weighted by molar-refractivity contribution is 0.665. The number of hydrogen-bond acceptors (Lipinski definition) is 3. The molecule has 1 saturated carbocycles. The quantitative estimate of drug-likeness (QED) is 0.745. The average molecular weight is 177 g/mol. The summed E-state index contributed by atoms with van der Waals surface area (Å²) in [6.07, 6.45) is 5.82. The molecule has 0 aliphatic heterocycles. The minimum atomic E-state index is -0.199. The van der Waals surface area contributed by atoms with Gasteiger partial charge in [-0.3, -0.25) is 0 Å². The van der Waals surface area contributed by atoms with Gasteiger partial charge in [0.2, 0.25) is 0 Å². The molecule has 0 atom stereocenters. The fraction of sp³-hybridized carbons (Fsp3) is 0.600. The smallest absolute Gasteiger partial charge is 0.148 e. The van der Waals surface area contributed by atoms with E-state index >= 15 is 0 Å². The first-order valence-electron chi connectivity index (χ1n) is 4.73. The van der Waals surface area contributed by atoms with Gasteiger partial charge >= 0.3 is 0 Å². The zero-order chi connectivity index (χ0) is 9.47. The molecule has 1 aromatic rings. The third kappa shape index (κ3) is 1.56. The molecule has 0 spiro atoms. The molecule has 0 bridgehead atoms. The van der Waals surface area contributed by atoms with E-state index < -0.39 is 0 Å². The van der Waals surface area contributed by atoms with Crippen molar-refractivity contribution in [3.8, 4) is 0 Å². The van der Waals surface area contributed by atoms with Crippen LogP contribution in [-0.2, 0) is 5.54 Å². The van der Waals surface area contributed by atoms with Crippen LogP contribution in [-0.4, -0.2) is 9.97 Å². The normalized spacial score (nSPS) is 19.1. The highest BCUT2D eigenvalue weighted by Crippen LogP contribution is 2.40. The summed E-state index contributed by atoms with van der Waals surface area (Å²) in [7, 11) is 0. The van der Waals surface area contributed by atoms with Crippen molar-refractivity contribution < 1.29 is 0 Å². The Bertz CT molecular complexity index is 298. The molecule has 1 heterocycles. The van der Waals surface area contributed by atoms with Gasteiger partial charge in [0.25, 0.3) is 0 Å². The fourth-order valence-corrected chi connectivity index (χ4v) is 1.25. The molecule has 1 fully saturated rings. The van der Waals surface area contributed by atoms with Gasteiger partial charge in [0, 0.05) is 12.4 Å². The minimum absolute atomic E-state index is 0.199. The predicted octanol–water partition coefficient (Wildman–Crippen LogP) is 1.55. The van der Waals surface area contributed by atoms with Gasteiger partial charge in [-0.2, -0.15) is 0 Å². The Morgan fingerprint density at radius 1 is 1.31 bits per heavy atom. The van der Waals surface area contributed by atoms with Crippen molar-refractivity contribution in [1.29, 1.82) is 0 Å². The molecule has 0 amide bonds. The topological polar surface area (TPSA) is 51.8 Å². The lowest BCUT2D eigenvalue weighted by Gasteiger charge is -2.08. The van der Waals surface area contributed by atoms with Gasteiger partial charge in [0.1, 0.15) is 5.82 Å². The number of rotatable bonds is 2. The number of hydrogen-bond donors (Lipinski definition) is 1. The lowest BCUT2D eigenvalue weighted by atomic mass is 10.1. The Hall–Kier alpha value is -0.960. The maximum Gasteiger partial charge on any atom is 0.148 e. The molecular formula is C10H15N3. The highest BCUT2D eigenvalue weighted by atomic mass is 15.0. The van der Waals surface area contributed by atoms with Gasteiger partial charge < -0.3 is 5.73 Å². The Balaban J connectivity index is 2.24. The summed E-state index contributed by atoms with van der Waals surface area (Å²) in [6.45, 7) is 4.27. The summed E-state index contributed by atoms with van der Waals surface area (Å²) in [4.78, 5) is 8.60. The SMILES string of the molecule is CC(C)c1cnc(C2(N)CC2)nc1. The molecule has 2 N–H and O–H groups in total. The Kier molecular flexibility index (Phi) is 1.84. The molecule has 3 heteroatoms. The maximum atomic E-state index is 5.97. The van der Waals surface area contributed by atoms with Gasteiger partial charge in [0.05, 0.1) is 5.54 Å². The second-order valence-electron chi connectivity index (χ2n) is 4.15. The van der Waals surface area contributed by atoms with Crippen molar-refractivity contribution in [3.05, 3.63) is 23.8 Å². The van der Waals surface area contributed by atoms with E-state index in [9.17, 15) is 0 Å². The summed E-state index contributed by atoms with van der Waals surface area (Å²) in [5.74, 6) is 1.29. The first-order chi connectivity index (χ1) is 6.12. The van der Waals surface area contributed by atoms with Gasteiger partial charge in [-0.15, -0.1) is 0 Å². The van der Waals surface area contributed by atoms with Gasteiger partial charge in [-0.25, -0.2) is 9.97 Å². The highest BCUT2D eigenvalue weighted by Gasteiger charge is 2.42. The Morgan fingerprint density at radius 2 is 1.85 bits per heavy atom. The van der Waals surface area contributed by atoms with E-state index in [-0.39, 0.29) is 5.54 Å². The molecule has 0 unspecified atom stereocenters. The van der Waals surface area contributed by atoms with Gasteiger partial charge in [-0.1, -0.05) is 13.8 Å². The molecule has 1 aromatic heterocycles. The predicted molar refractivity (Wildman–Crippen MR) is 51.2 cm³/mol. The van der Waals surface area contributed by atoms with Crippen LogP contribution in [0.15, 0.2) is 12.4 Å². The van der Waals surface area contributed by atoms with Gasteiger partial charge in [0.15, 0.2) is 0 Å². The maximum absolute atomic E-state index is 5.97. The first-order valence-corrected chi connectivity index (χ1v) is 4.73. The first kappa shape index (κ1) is 8.63. The second kappa shape index (κ2) is 2.77. The third-order valence-corrected chi connectivity index (χ3v) is 2.57. The highest BCUT2D eigenvalue weighted by molar-refractivity contribution is 5.18. The van der Waals surface area contributed by atoms with Crippen LogP contribution >= 0.6 is 0 Å². The largest absolute Gasteiger partial charge is 0.319 e. The zero-order valence-electron chi connectivity index (χ0n) is 8.12. The Labute approximate surface area is 78.4 Å². The van der Waals surface area contributed by atoms with Crippen LogP contribution in [0.5, 0.6) is 0 Å². The van der Waals surface area contributed by atoms with Crippen molar-refractivity contribution in [2.75, 3.05) is 0 Å². The van der Waals surface area contributed by atoms with Crippen LogP contribution < -0.4 is 5.73 Å². The van der Waals surface area contributed by atoms with E-state index in [2.05, 4.69) is 23.8 Å². The Morgan fingerprint density at radius 3 is 2.23 bits per heavy atom. The summed E-state index contributed by atoms with van der Waals surface area (Å²) < 4.78 is 0. The number of nitrogens with zero attached hydrogens (tertiary/aromatic N) is 2. The third-order valence-electron chi connectivity index (χ3n) is 2.57. The molecule has 13 heavy (non-hydrogen) atoms. The number of aromatic nitrogens is 2. The molecule has 2 rings (SSSR count). The van der Waals surface area contributed by atoms with E-state index in [0.29, 0.717) is 5.92 Å². The van der Waals surface area contributed by atoms with Crippen LogP contribution in [0.25, 0.3) is 0 Å². The van der Waals surface area contributed by atoms with Crippen molar-refractivity contribution in [3.63, 3.8) is 0 Å². The monoisotopic (exact) mass is 177 g/mol. The van der Waals surface area contributed by atoms with E-state index in [1.807, 2.05) is 12.4 Å². The van der Waals surface area contributed by atoms with Crippen molar-refractivity contribution in [1.82, 2.24) is 9.97 Å². The van der Waals surface area contributed by atoms with Crippen molar-refractivity contribution >= 4 is 0 Å². The molecule has 0 radical (unpaired) electrons. The van der Waals surface area contributed by atoms with Crippen molar-refractivity contribution in [2.45, 2.75) is 38.1 Å². The standard InChI is InChI=1S/C10H15N3/c1-7(2)8-5-12-9(13-6-8)10(11)3-4-10/h5-7H,3-4,11H2,1-2H3. The minimum Gasteiger partial charge on any atom is -0.319 e. The van der Waals surface area contributed by atoms with E-state index in [0.717, 1.165) is 18.7 Å². The summed E-state index contributed by atoms with van der Waals surface area (Å²) in [5, 5.41) is 0. The number of nitrogens with two attached hydrogens (primary N) is 1. The molecule has 70 valence electrons. The summed E-state index contributed by atoms with van der Waals surface area (Å²) in [6, 6.07) is 0. The second-order valence-corrected chi connectivity index (χ2v) is 4.15. The molecule has 3 nitrogen and oxygen atoms in total. The fourth-order valence-electron chi connectivity index (χ4n) is 1.25. The molecule has 1 aliphatic rings. The zero-order valence-corrected chi connectivity index (χ0v) is 8.12. The summed E-state index contributed by atoms with van der Waals surface area (Å²) >= 11 is 0. The molecule has 0 aromatic carbocycles. The van der Waals surface area contributed by atoms with E-state index in [1.54, 1.807) is 0 Å². The van der Waals surface area contributed by atoms with E-state index in [1.165, 1.54) is 5.56 Å². The van der Waals surface area contributed by atoms with Crippen LogP contribution in [0.2, 0.25) is 0 Å². The van der Waals surface area contributed by atoms with Crippen LogP contribution in [0.1, 0.15) is 44.0 Å². The van der Waals surface area contributed by atoms with Crippen LogP contribution in [0, 0.1) is 0 Å². The van der Waals surface area contributed by atoms with Crippen LogP contribution in [0.3, 0.4) is 0 Å². The molecular weight excluding hydrogens is 162 g/mol. The van der Waals surface area contributed by atoms with Gasteiger partial charge in [-0.05, 0) is 24.3 Å². The van der Waals surface area contributed by atoms with Crippen LogP contribution in [0.4, 0.5) is 0 Å². The lowest BCUT2D eigenvalue weighted by Crippen LogP contribution is -2.22. The molecule has 1 aliphatic carbocycles. The van der Waals surface area contributed by atoms with E-state index in [4.69, 9.17) is 5.73 Å².